The first-order valence-corrected chi connectivity index (χ1v) is 6.35. The third-order valence-electron chi connectivity index (χ3n) is 3.26. The maximum Gasteiger partial charge on any atom is 0.416 e. The zero-order chi connectivity index (χ0) is 15.7. The molecule has 3 nitrogen and oxygen atoms in total. The molecule has 0 spiro atoms. The van der Waals surface area contributed by atoms with Crippen LogP contribution >= 0.6 is 0 Å². The Bertz CT molecular complexity index is 484. The van der Waals surface area contributed by atoms with Gasteiger partial charge in [-0.05, 0) is 11.6 Å². The zero-order valence-corrected chi connectivity index (χ0v) is 11.0. The summed E-state index contributed by atoms with van der Waals surface area (Å²) in [6.07, 6.45) is -5.58. The molecule has 118 valence electrons. The second-order valence-electron chi connectivity index (χ2n) is 5.03. The van der Waals surface area contributed by atoms with Gasteiger partial charge < -0.3 is 10.4 Å². The van der Waals surface area contributed by atoms with Gasteiger partial charge in [0.25, 0.3) is 5.92 Å². The van der Waals surface area contributed by atoms with Crippen molar-refractivity contribution in [2.75, 3.05) is 19.6 Å². The summed E-state index contributed by atoms with van der Waals surface area (Å²) in [6.45, 7) is -1.25. The van der Waals surface area contributed by atoms with Crippen molar-refractivity contribution < 1.29 is 27.1 Å². The van der Waals surface area contributed by atoms with Crippen molar-refractivity contribution in [2.45, 2.75) is 24.9 Å². The third kappa shape index (κ3) is 4.12. The van der Waals surface area contributed by atoms with Crippen molar-refractivity contribution in [3.63, 3.8) is 0 Å². The lowest BCUT2D eigenvalue weighted by atomic mass is 10.1. The number of halogens is 5. The Labute approximate surface area is 118 Å². The van der Waals surface area contributed by atoms with Crippen LogP contribution in [0.1, 0.15) is 11.1 Å². The summed E-state index contributed by atoms with van der Waals surface area (Å²) in [7, 11) is 0. The van der Waals surface area contributed by atoms with E-state index in [4.69, 9.17) is 0 Å². The molecular formula is C13H15F5N2O. The van der Waals surface area contributed by atoms with Crippen molar-refractivity contribution in [2.24, 2.45) is 0 Å². The average molecular weight is 310 g/mol. The van der Waals surface area contributed by atoms with Gasteiger partial charge >= 0.3 is 6.18 Å². The van der Waals surface area contributed by atoms with Crippen LogP contribution in [0.25, 0.3) is 0 Å². The Morgan fingerprint density at radius 3 is 2.43 bits per heavy atom. The predicted octanol–water partition coefficient (Wildman–Crippen LogP) is 2.06. The zero-order valence-electron chi connectivity index (χ0n) is 11.0. The number of rotatable bonds is 5. The van der Waals surface area contributed by atoms with E-state index in [-0.39, 0.29) is 18.7 Å². The Balaban J connectivity index is 1.84. The number of aliphatic hydroxyl groups excluding tert-OH is 1. The van der Waals surface area contributed by atoms with Gasteiger partial charge in [0, 0.05) is 13.1 Å². The quantitative estimate of drug-likeness (QED) is 0.817. The molecule has 1 unspecified atom stereocenters. The first-order valence-electron chi connectivity index (χ1n) is 6.35. The Kier molecular flexibility index (Phi) is 4.50. The Morgan fingerprint density at radius 1 is 1.24 bits per heavy atom. The fourth-order valence-electron chi connectivity index (χ4n) is 2.17. The molecule has 21 heavy (non-hydrogen) atoms. The summed E-state index contributed by atoms with van der Waals surface area (Å²) >= 11 is 0. The number of benzene rings is 1. The normalized spacial score (nSPS) is 20.1. The Hall–Kier alpha value is -1.25. The van der Waals surface area contributed by atoms with Crippen molar-refractivity contribution in [3.8, 4) is 0 Å². The van der Waals surface area contributed by atoms with Crippen LogP contribution < -0.4 is 5.32 Å². The maximum absolute atomic E-state index is 12.7. The topological polar surface area (TPSA) is 35.5 Å². The molecule has 1 aromatic rings. The fraction of sp³-hybridized carbons (Fsp3) is 0.538. The lowest BCUT2D eigenvalue weighted by Gasteiger charge is -2.41. The van der Waals surface area contributed by atoms with E-state index in [2.05, 4.69) is 5.32 Å². The van der Waals surface area contributed by atoms with Crippen molar-refractivity contribution in [3.05, 3.63) is 35.4 Å². The summed E-state index contributed by atoms with van der Waals surface area (Å²) in [5.41, 5.74) is -0.700. The van der Waals surface area contributed by atoms with Crippen LogP contribution in [-0.2, 0) is 12.7 Å². The van der Waals surface area contributed by atoms with Crippen LogP contribution in [0, 0.1) is 0 Å². The molecule has 0 aliphatic carbocycles. The van der Waals surface area contributed by atoms with Crippen LogP contribution in [0.4, 0.5) is 22.0 Å². The minimum absolute atomic E-state index is 0.0474. The van der Waals surface area contributed by atoms with E-state index < -0.39 is 37.0 Å². The summed E-state index contributed by atoms with van der Waals surface area (Å²) in [6, 6.07) is 5.09. The lowest BCUT2D eigenvalue weighted by Crippen LogP contribution is -2.61. The second-order valence-corrected chi connectivity index (χ2v) is 5.03. The molecule has 0 amide bonds. The van der Waals surface area contributed by atoms with Gasteiger partial charge in [0.1, 0.15) is 6.23 Å². The lowest BCUT2D eigenvalue weighted by molar-refractivity contribution is -0.182. The summed E-state index contributed by atoms with van der Waals surface area (Å²) in [5, 5.41) is 12.3. The van der Waals surface area contributed by atoms with E-state index in [1.807, 2.05) is 0 Å². The largest absolute Gasteiger partial charge is 0.416 e. The van der Waals surface area contributed by atoms with Crippen LogP contribution in [0.2, 0.25) is 0 Å². The molecule has 0 radical (unpaired) electrons. The number of nitrogens with zero attached hydrogens (tertiary/aromatic N) is 1. The molecule has 1 atom stereocenters. The SMILES string of the molecule is OC(CNCc1ccccc1C(F)(F)F)N1CC(F)(F)C1. The first-order chi connectivity index (χ1) is 9.69. The molecule has 1 fully saturated rings. The molecule has 1 saturated heterocycles. The van der Waals surface area contributed by atoms with Crippen LogP contribution in [0.15, 0.2) is 24.3 Å². The fourth-order valence-corrected chi connectivity index (χ4v) is 2.17. The van der Waals surface area contributed by atoms with E-state index in [0.717, 1.165) is 11.0 Å². The van der Waals surface area contributed by atoms with Crippen molar-refractivity contribution in [1.82, 2.24) is 10.2 Å². The number of aliphatic hydroxyl groups is 1. The minimum atomic E-state index is -4.45. The molecule has 1 aliphatic rings. The minimum Gasteiger partial charge on any atom is -0.377 e. The van der Waals surface area contributed by atoms with Crippen LogP contribution in [-0.4, -0.2) is 41.8 Å². The monoisotopic (exact) mass is 310 g/mol. The van der Waals surface area contributed by atoms with Crippen molar-refractivity contribution in [1.29, 1.82) is 0 Å². The number of nitrogens with one attached hydrogen (secondary N) is 1. The average Bonchev–Trinajstić information content (AvgIpc) is 2.35. The van der Waals surface area contributed by atoms with Gasteiger partial charge in [-0.25, -0.2) is 8.78 Å². The molecule has 2 rings (SSSR count). The molecule has 1 heterocycles. The van der Waals surface area contributed by atoms with E-state index in [9.17, 15) is 27.1 Å². The van der Waals surface area contributed by atoms with Gasteiger partial charge in [0.05, 0.1) is 18.7 Å². The van der Waals surface area contributed by atoms with E-state index in [1.165, 1.54) is 18.2 Å². The summed E-state index contributed by atoms with van der Waals surface area (Å²) in [5.74, 6) is -2.79. The highest BCUT2D eigenvalue weighted by Crippen LogP contribution is 2.32. The van der Waals surface area contributed by atoms with E-state index in [1.54, 1.807) is 0 Å². The van der Waals surface area contributed by atoms with Crippen molar-refractivity contribution >= 4 is 0 Å². The number of alkyl halides is 5. The maximum atomic E-state index is 12.7. The molecule has 1 aliphatic heterocycles. The van der Waals surface area contributed by atoms with E-state index >= 15 is 0 Å². The number of hydrogen-bond donors (Lipinski definition) is 2. The van der Waals surface area contributed by atoms with Crippen LogP contribution in [0.5, 0.6) is 0 Å². The molecule has 0 bridgehead atoms. The highest BCUT2D eigenvalue weighted by atomic mass is 19.4. The number of hydrogen-bond acceptors (Lipinski definition) is 3. The summed E-state index contributed by atoms with van der Waals surface area (Å²) in [4.78, 5) is 1.16. The smallest absolute Gasteiger partial charge is 0.377 e. The van der Waals surface area contributed by atoms with Gasteiger partial charge in [-0.3, -0.25) is 4.90 Å². The third-order valence-corrected chi connectivity index (χ3v) is 3.26. The van der Waals surface area contributed by atoms with Gasteiger partial charge in [-0.1, -0.05) is 18.2 Å². The molecule has 0 saturated carbocycles. The van der Waals surface area contributed by atoms with Gasteiger partial charge in [-0.15, -0.1) is 0 Å². The summed E-state index contributed by atoms with van der Waals surface area (Å²) < 4.78 is 63.5. The second kappa shape index (κ2) is 5.86. The standard InChI is InChI=1S/C13H15F5N2O/c14-12(15)7-20(8-12)11(21)6-19-5-9-3-1-2-4-10(9)13(16,17)18/h1-4,11,19,21H,5-8H2. The first kappa shape index (κ1) is 16.1. The molecule has 0 aromatic heterocycles. The van der Waals surface area contributed by atoms with Gasteiger partial charge in [-0.2, -0.15) is 13.2 Å². The Morgan fingerprint density at radius 2 is 1.86 bits per heavy atom. The highest BCUT2D eigenvalue weighted by Gasteiger charge is 2.46. The highest BCUT2D eigenvalue weighted by molar-refractivity contribution is 5.29. The van der Waals surface area contributed by atoms with Gasteiger partial charge in [0.2, 0.25) is 0 Å². The van der Waals surface area contributed by atoms with Gasteiger partial charge in [0.15, 0.2) is 0 Å². The number of likely N-dealkylation sites (tertiary alicyclic amines) is 1. The van der Waals surface area contributed by atoms with E-state index in [0.29, 0.717) is 0 Å². The molecular weight excluding hydrogens is 295 g/mol. The molecule has 1 aromatic carbocycles. The van der Waals surface area contributed by atoms with Crippen LogP contribution in [0.3, 0.4) is 0 Å². The molecule has 8 heteroatoms. The molecule has 2 N–H and O–H groups in total. The predicted molar refractivity (Wildman–Crippen MR) is 65.7 cm³/mol.